The molecule has 2 heterocycles. The van der Waals surface area contributed by atoms with Gasteiger partial charge in [-0.3, -0.25) is 4.79 Å². The average Bonchev–Trinajstić information content (AvgIpc) is 3.06. The van der Waals surface area contributed by atoms with E-state index in [0.717, 1.165) is 11.3 Å². The molecule has 1 aliphatic heterocycles. The van der Waals surface area contributed by atoms with Crippen molar-refractivity contribution >= 4 is 36.4 Å². The summed E-state index contributed by atoms with van der Waals surface area (Å²) in [5, 5.41) is 7.09. The molecule has 1 N–H and O–H groups in total. The number of hydrogen-bond donors (Lipinski definition) is 2. The molecule has 1 aromatic carbocycles. The molecule has 1 unspecified atom stereocenters. The zero-order valence-corrected chi connectivity index (χ0v) is 14.1. The van der Waals surface area contributed by atoms with Gasteiger partial charge >= 0.3 is 0 Å². The molecule has 0 radical (unpaired) electrons. The van der Waals surface area contributed by atoms with Crippen molar-refractivity contribution in [2.24, 2.45) is 0 Å². The zero-order chi connectivity index (χ0) is 15.7. The van der Waals surface area contributed by atoms with E-state index in [4.69, 9.17) is 0 Å². The Hall–Kier alpha value is -1.66. The van der Waals surface area contributed by atoms with Gasteiger partial charge in [-0.05, 0) is 29.7 Å². The van der Waals surface area contributed by atoms with Crippen LogP contribution in [0, 0.1) is 0 Å². The molecule has 2 aromatic rings. The molecular formula is C16H17N3OS2. The lowest BCUT2D eigenvalue weighted by Gasteiger charge is -2.06. The van der Waals surface area contributed by atoms with E-state index >= 15 is 0 Å². The van der Waals surface area contributed by atoms with Gasteiger partial charge in [-0.2, -0.15) is 5.10 Å². The number of thioether (sulfide) groups is 1. The van der Waals surface area contributed by atoms with Crippen molar-refractivity contribution < 1.29 is 4.79 Å². The highest BCUT2D eigenvalue weighted by molar-refractivity contribution is 8.14. The van der Waals surface area contributed by atoms with Crippen LogP contribution in [0.15, 0.2) is 41.6 Å². The Balaban J connectivity index is 1.82. The maximum atomic E-state index is 11.7. The zero-order valence-electron chi connectivity index (χ0n) is 12.4. The molecule has 1 amide bonds. The van der Waals surface area contributed by atoms with Crippen LogP contribution in [0.4, 0.5) is 0 Å². The Labute approximate surface area is 139 Å². The number of hydrogen-bond acceptors (Lipinski definition) is 4. The fourth-order valence-corrected chi connectivity index (χ4v) is 3.44. The van der Waals surface area contributed by atoms with Gasteiger partial charge in [0.2, 0.25) is 0 Å². The van der Waals surface area contributed by atoms with Crippen LogP contribution in [0.5, 0.6) is 0 Å². The molecule has 1 atom stereocenters. The van der Waals surface area contributed by atoms with Crippen LogP contribution in [0.2, 0.25) is 0 Å². The maximum Gasteiger partial charge on any atom is 0.259 e. The van der Waals surface area contributed by atoms with Gasteiger partial charge in [0.05, 0.1) is 16.8 Å². The summed E-state index contributed by atoms with van der Waals surface area (Å²) in [5.74, 6) is 0.429. The van der Waals surface area contributed by atoms with Crippen LogP contribution in [-0.2, 0) is 4.79 Å². The smallest absolute Gasteiger partial charge is 0.259 e. The van der Waals surface area contributed by atoms with E-state index in [1.807, 2.05) is 17.0 Å². The standard InChI is InChI=1S/C16H17N3OS2/c1-10(2)12-3-5-13(6-4-12)19-9-11(8-17-19)7-14-15(20)18-16(21)22-14/h3-10,16,21H,1-2H3,(H,18,20)/b14-7-. The summed E-state index contributed by atoms with van der Waals surface area (Å²) in [6.45, 7) is 4.35. The van der Waals surface area contributed by atoms with Crippen molar-refractivity contribution in [3.63, 3.8) is 0 Å². The van der Waals surface area contributed by atoms with E-state index in [1.165, 1.54) is 17.3 Å². The van der Waals surface area contributed by atoms with Gasteiger partial charge in [-0.25, -0.2) is 4.68 Å². The van der Waals surface area contributed by atoms with E-state index in [2.05, 4.69) is 61.2 Å². The number of amides is 1. The molecule has 3 rings (SSSR count). The normalized spacial score (nSPS) is 19.9. The third-order valence-corrected chi connectivity index (χ3v) is 4.79. The summed E-state index contributed by atoms with van der Waals surface area (Å²) < 4.78 is 1.64. The minimum atomic E-state index is -0.169. The molecule has 0 aliphatic carbocycles. The molecular weight excluding hydrogens is 314 g/mol. The van der Waals surface area contributed by atoms with Gasteiger partial charge in [-0.15, -0.1) is 12.6 Å². The van der Waals surface area contributed by atoms with Crippen LogP contribution in [0.3, 0.4) is 0 Å². The molecule has 0 bridgehead atoms. The first-order chi connectivity index (χ1) is 10.5. The molecule has 0 saturated carbocycles. The highest BCUT2D eigenvalue weighted by atomic mass is 32.2. The van der Waals surface area contributed by atoms with Crippen molar-refractivity contribution in [3.05, 3.63) is 52.7 Å². The minimum Gasteiger partial charge on any atom is -0.331 e. The molecule has 4 nitrogen and oxygen atoms in total. The largest absolute Gasteiger partial charge is 0.331 e. The van der Waals surface area contributed by atoms with E-state index < -0.39 is 0 Å². The van der Waals surface area contributed by atoms with Crippen molar-refractivity contribution in [2.75, 3.05) is 0 Å². The van der Waals surface area contributed by atoms with Crippen LogP contribution in [-0.4, -0.2) is 20.4 Å². The Bertz CT molecular complexity index is 719. The Morgan fingerprint density at radius 1 is 1.36 bits per heavy atom. The number of carbonyl (C=O) groups is 1. The SMILES string of the molecule is CC(C)c1ccc(-n2cc(/C=C3\SC(S)NC3=O)cn2)cc1. The predicted molar refractivity (Wildman–Crippen MR) is 94.1 cm³/mol. The first kappa shape index (κ1) is 15.2. The fourth-order valence-electron chi connectivity index (χ4n) is 2.20. The fraction of sp³-hybridized carbons (Fsp3) is 0.250. The number of nitrogens with zero attached hydrogens (tertiary/aromatic N) is 2. The summed E-state index contributed by atoms with van der Waals surface area (Å²) in [7, 11) is 0. The number of aromatic nitrogens is 2. The Morgan fingerprint density at radius 2 is 2.09 bits per heavy atom. The predicted octanol–water partition coefficient (Wildman–Crippen LogP) is 3.41. The third kappa shape index (κ3) is 3.23. The van der Waals surface area contributed by atoms with Gasteiger partial charge in [-0.1, -0.05) is 37.7 Å². The second-order valence-corrected chi connectivity index (χ2v) is 7.43. The summed E-state index contributed by atoms with van der Waals surface area (Å²) in [6, 6.07) is 8.34. The first-order valence-corrected chi connectivity index (χ1v) is 8.45. The molecule has 1 saturated heterocycles. The number of benzene rings is 1. The third-order valence-electron chi connectivity index (χ3n) is 3.44. The number of nitrogens with one attached hydrogen (secondary N) is 1. The van der Waals surface area contributed by atoms with Crippen LogP contribution in [0.25, 0.3) is 11.8 Å². The number of rotatable bonds is 3. The molecule has 114 valence electrons. The molecule has 0 spiro atoms. The molecule has 1 aromatic heterocycles. The second-order valence-electron chi connectivity index (χ2n) is 5.42. The molecule has 1 aliphatic rings. The lowest BCUT2D eigenvalue weighted by molar-refractivity contribution is -0.116. The van der Waals surface area contributed by atoms with Crippen molar-refractivity contribution in [1.29, 1.82) is 0 Å². The molecule has 6 heteroatoms. The second kappa shape index (κ2) is 6.22. The van der Waals surface area contributed by atoms with Gasteiger partial charge in [0, 0.05) is 11.8 Å². The van der Waals surface area contributed by atoms with Crippen LogP contribution in [0.1, 0.15) is 30.9 Å². The van der Waals surface area contributed by atoms with Crippen LogP contribution >= 0.6 is 24.4 Å². The van der Waals surface area contributed by atoms with Gasteiger partial charge in [0.15, 0.2) is 0 Å². The average molecular weight is 331 g/mol. The molecule has 22 heavy (non-hydrogen) atoms. The monoisotopic (exact) mass is 331 g/mol. The summed E-state index contributed by atoms with van der Waals surface area (Å²) in [5.41, 5.74) is 3.20. The van der Waals surface area contributed by atoms with Gasteiger partial charge in [0.1, 0.15) is 4.71 Å². The van der Waals surface area contributed by atoms with Crippen molar-refractivity contribution in [2.45, 2.75) is 24.5 Å². The van der Waals surface area contributed by atoms with E-state index in [-0.39, 0.29) is 10.6 Å². The van der Waals surface area contributed by atoms with E-state index in [0.29, 0.717) is 10.8 Å². The summed E-state index contributed by atoms with van der Waals surface area (Å²) >= 11 is 5.64. The maximum absolute atomic E-state index is 11.7. The summed E-state index contributed by atoms with van der Waals surface area (Å²) in [4.78, 5) is 12.4. The Morgan fingerprint density at radius 3 is 2.68 bits per heavy atom. The van der Waals surface area contributed by atoms with E-state index in [1.54, 1.807) is 6.20 Å². The van der Waals surface area contributed by atoms with Gasteiger partial charge < -0.3 is 5.32 Å². The Kier molecular flexibility index (Phi) is 4.31. The topological polar surface area (TPSA) is 46.9 Å². The first-order valence-electron chi connectivity index (χ1n) is 7.05. The van der Waals surface area contributed by atoms with Crippen LogP contribution < -0.4 is 5.32 Å². The number of thiol groups is 1. The van der Waals surface area contributed by atoms with Crippen molar-refractivity contribution in [1.82, 2.24) is 15.1 Å². The summed E-state index contributed by atoms with van der Waals surface area (Å²) in [6.07, 6.45) is 5.50. The van der Waals surface area contributed by atoms with Gasteiger partial charge in [0.25, 0.3) is 5.91 Å². The quantitative estimate of drug-likeness (QED) is 0.669. The lowest BCUT2D eigenvalue weighted by Crippen LogP contribution is -2.19. The molecule has 1 fully saturated rings. The lowest BCUT2D eigenvalue weighted by atomic mass is 10.0. The highest BCUT2D eigenvalue weighted by Gasteiger charge is 2.24. The number of carbonyl (C=O) groups excluding carboxylic acids is 1. The van der Waals surface area contributed by atoms with Crippen molar-refractivity contribution in [3.8, 4) is 5.69 Å². The van der Waals surface area contributed by atoms with E-state index in [9.17, 15) is 4.79 Å². The minimum absolute atomic E-state index is 0.0842. The highest BCUT2D eigenvalue weighted by Crippen LogP contribution is 2.30.